The van der Waals surface area contributed by atoms with Crippen molar-refractivity contribution in [2.24, 2.45) is 0 Å². The van der Waals surface area contributed by atoms with Crippen molar-refractivity contribution in [3.8, 4) is 0 Å². The van der Waals surface area contributed by atoms with Crippen LogP contribution in [0, 0.1) is 0 Å². The van der Waals surface area contributed by atoms with Crippen LogP contribution in [0.1, 0.15) is 342 Å². The van der Waals surface area contributed by atoms with Gasteiger partial charge in [-0.1, -0.05) is 288 Å². The molecule has 426 valence electrons. The Kier molecular flexibility index (Phi) is 59.7. The minimum Gasteiger partial charge on any atom is -0.462 e. The second-order valence-electron chi connectivity index (χ2n) is 21.7. The number of rotatable bonds is 59. The number of ether oxygens (including phenoxy) is 3. The highest BCUT2D eigenvalue weighted by atomic mass is 16.6. The number of carbonyl (C=O) groups is 3. The molecule has 0 saturated heterocycles. The highest BCUT2D eigenvalue weighted by Crippen LogP contribution is 2.17. The predicted molar refractivity (Wildman–Crippen MR) is 316 cm³/mol. The van der Waals surface area contributed by atoms with Crippen molar-refractivity contribution >= 4 is 17.9 Å². The number of hydrogen-bond donors (Lipinski definition) is 0. The fourth-order valence-corrected chi connectivity index (χ4v) is 9.45. The zero-order valence-electron chi connectivity index (χ0n) is 48.9. The van der Waals surface area contributed by atoms with Gasteiger partial charge in [-0.15, -0.1) is 0 Å². The topological polar surface area (TPSA) is 78.9 Å². The Morgan fingerprint density at radius 1 is 0.274 bits per heavy atom. The second-order valence-corrected chi connectivity index (χ2v) is 21.7. The Morgan fingerprint density at radius 3 is 0.781 bits per heavy atom. The van der Waals surface area contributed by atoms with Crippen molar-refractivity contribution in [1.82, 2.24) is 0 Å². The number of esters is 3. The smallest absolute Gasteiger partial charge is 0.306 e. The average Bonchev–Trinajstić information content (AvgIpc) is 3.39. The fourth-order valence-electron chi connectivity index (χ4n) is 9.45. The Hall–Kier alpha value is -2.63. The van der Waals surface area contributed by atoms with Gasteiger partial charge in [0, 0.05) is 19.3 Å². The van der Waals surface area contributed by atoms with E-state index in [2.05, 4.69) is 69.4 Å². The van der Waals surface area contributed by atoms with Gasteiger partial charge in [-0.05, 0) is 83.5 Å². The standard InChI is InChI=1S/C67H122O6/c1-4-7-10-13-16-19-21-23-25-27-28-29-30-31-32-33-34-35-36-37-38-40-41-43-45-48-51-54-57-60-66(69)72-63-64(62-71-65(68)59-56-53-50-47-18-15-12-9-6-3)73-67(70)61-58-55-52-49-46-44-42-39-26-24-22-20-17-14-11-8-5-2/h17,20-21,23-24,26-28,64H,4-16,18-19,22,25,29-63H2,1-3H3/b20-17-,23-21-,26-24-,28-27-. The molecule has 6 heteroatoms. The summed E-state index contributed by atoms with van der Waals surface area (Å²) < 4.78 is 16.9. The summed E-state index contributed by atoms with van der Waals surface area (Å²) in [4.78, 5) is 38.1. The molecule has 0 aliphatic rings. The Morgan fingerprint density at radius 2 is 0.493 bits per heavy atom. The largest absolute Gasteiger partial charge is 0.462 e. The summed E-state index contributed by atoms with van der Waals surface area (Å²) in [6.07, 6.45) is 77.1. The first-order valence-corrected chi connectivity index (χ1v) is 32.1. The van der Waals surface area contributed by atoms with Crippen LogP contribution >= 0.6 is 0 Å². The monoisotopic (exact) mass is 1020 g/mol. The maximum atomic E-state index is 12.9. The Labute approximate surface area is 454 Å². The lowest BCUT2D eigenvalue weighted by atomic mass is 10.0. The molecule has 0 aromatic carbocycles. The molecule has 0 fully saturated rings. The summed E-state index contributed by atoms with van der Waals surface area (Å²) in [6, 6.07) is 0. The molecule has 0 bridgehead atoms. The first kappa shape index (κ1) is 70.4. The lowest BCUT2D eigenvalue weighted by Gasteiger charge is -2.18. The van der Waals surface area contributed by atoms with Gasteiger partial charge in [0.25, 0.3) is 0 Å². The molecule has 0 amide bonds. The zero-order chi connectivity index (χ0) is 52.9. The quantitative estimate of drug-likeness (QED) is 0.0261. The van der Waals surface area contributed by atoms with E-state index >= 15 is 0 Å². The van der Waals surface area contributed by atoms with Crippen molar-refractivity contribution in [3.63, 3.8) is 0 Å². The van der Waals surface area contributed by atoms with E-state index in [4.69, 9.17) is 14.2 Å². The average molecular weight is 1020 g/mol. The molecule has 0 aromatic rings. The van der Waals surface area contributed by atoms with Gasteiger partial charge in [-0.2, -0.15) is 0 Å². The Balaban J connectivity index is 4.11. The maximum Gasteiger partial charge on any atom is 0.306 e. The summed E-state index contributed by atoms with van der Waals surface area (Å²) >= 11 is 0. The normalized spacial score (nSPS) is 12.3. The van der Waals surface area contributed by atoms with Crippen LogP contribution in [-0.4, -0.2) is 37.2 Å². The van der Waals surface area contributed by atoms with Crippen molar-refractivity contribution in [3.05, 3.63) is 48.6 Å². The molecule has 0 heterocycles. The first-order valence-electron chi connectivity index (χ1n) is 32.1. The van der Waals surface area contributed by atoms with E-state index in [0.717, 1.165) is 77.0 Å². The van der Waals surface area contributed by atoms with E-state index in [1.807, 2.05) is 0 Å². The SMILES string of the molecule is CCCCC/C=C\C/C=C\CCCCCCCCCC(=O)OC(COC(=O)CCCCCCCCCCC)COC(=O)CCCCCCCCCCCCCCCCCCC/C=C\C/C=C\CCCCCCC. The van der Waals surface area contributed by atoms with Crippen molar-refractivity contribution in [2.75, 3.05) is 13.2 Å². The highest BCUT2D eigenvalue weighted by Gasteiger charge is 2.19. The van der Waals surface area contributed by atoms with E-state index in [0.29, 0.717) is 19.3 Å². The van der Waals surface area contributed by atoms with Gasteiger partial charge in [-0.25, -0.2) is 0 Å². The van der Waals surface area contributed by atoms with Gasteiger partial charge in [0.1, 0.15) is 13.2 Å². The van der Waals surface area contributed by atoms with Gasteiger partial charge in [0.05, 0.1) is 0 Å². The molecule has 73 heavy (non-hydrogen) atoms. The van der Waals surface area contributed by atoms with E-state index in [9.17, 15) is 14.4 Å². The van der Waals surface area contributed by atoms with E-state index in [1.54, 1.807) is 0 Å². The van der Waals surface area contributed by atoms with E-state index in [-0.39, 0.29) is 31.1 Å². The molecule has 0 aliphatic carbocycles. The Bertz CT molecular complexity index is 1270. The van der Waals surface area contributed by atoms with Gasteiger partial charge in [-0.3, -0.25) is 14.4 Å². The molecule has 0 rings (SSSR count). The molecule has 0 aromatic heterocycles. The van der Waals surface area contributed by atoms with Crippen LogP contribution in [0.5, 0.6) is 0 Å². The van der Waals surface area contributed by atoms with E-state index in [1.165, 1.54) is 225 Å². The minimum atomic E-state index is -0.773. The van der Waals surface area contributed by atoms with Crippen molar-refractivity contribution in [2.45, 2.75) is 348 Å². The summed E-state index contributed by atoms with van der Waals surface area (Å²) in [5.41, 5.74) is 0. The predicted octanol–water partition coefficient (Wildman–Crippen LogP) is 21.8. The van der Waals surface area contributed by atoms with Crippen LogP contribution in [0.4, 0.5) is 0 Å². The number of unbranched alkanes of at least 4 members (excludes halogenated alkanes) is 40. The molecular weight excluding hydrogens is 901 g/mol. The summed E-state index contributed by atoms with van der Waals surface area (Å²) in [7, 11) is 0. The third kappa shape index (κ3) is 60.1. The molecule has 0 N–H and O–H groups in total. The van der Waals surface area contributed by atoms with Crippen LogP contribution in [0.15, 0.2) is 48.6 Å². The van der Waals surface area contributed by atoms with Crippen molar-refractivity contribution in [1.29, 1.82) is 0 Å². The summed E-state index contributed by atoms with van der Waals surface area (Å²) in [5, 5.41) is 0. The van der Waals surface area contributed by atoms with Crippen LogP contribution in [0.2, 0.25) is 0 Å². The molecule has 6 nitrogen and oxygen atoms in total. The second kappa shape index (κ2) is 61.9. The number of allylic oxidation sites excluding steroid dienone is 8. The molecule has 0 saturated carbocycles. The molecule has 1 atom stereocenters. The van der Waals surface area contributed by atoms with Crippen LogP contribution in [0.3, 0.4) is 0 Å². The highest BCUT2D eigenvalue weighted by molar-refractivity contribution is 5.71. The summed E-state index contributed by atoms with van der Waals surface area (Å²) in [6.45, 7) is 6.62. The molecule has 0 spiro atoms. The molecular formula is C67H122O6. The van der Waals surface area contributed by atoms with Crippen molar-refractivity contribution < 1.29 is 28.6 Å². The third-order valence-electron chi connectivity index (χ3n) is 14.3. The fraction of sp³-hybridized carbons (Fsp3) is 0.836. The van der Waals surface area contributed by atoms with Gasteiger partial charge >= 0.3 is 17.9 Å². The van der Waals surface area contributed by atoms with Crippen LogP contribution in [0.25, 0.3) is 0 Å². The van der Waals surface area contributed by atoms with Gasteiger partial charge < -0.3 is 14.2 Å². The summed E-state index contributed by atoms with van der Waals surface area (Å²) in [5.74, 6) is -0.865. The van der Waals surface area contributed by atoms with Gasteiger partial charge in [0.2, 0.25) is 0 Å². The number of carbonyl (C=O) groups excluding carboxylic acids is 3. The minimum absolute atomic E-state index is 0.0723. The van der Waals surface area contributed by atoms with Crippen LogP contribution in [-0.2, 0) is 28.6 Å². The first-order chi connectivity index (χ1) is 36.0. The maximum absolute atomic E-state index is 12.9. The lowest BCUT2D eigenvalue weighted by Crippen LogP contribution is -2.30. The molecule has 0 radical (unpaired) electrons. The van der Waals surface area contributed by atoms with Crippen LogP contribution < -0.4 is 0 Å². The lowest BCUT2D eigenvalue weighted by molar-refractivity contribution is -0.167. The molecule has 0 aliphatic heterocycles. The number of hydrogen-bond acceptors (Lipinski definition) is 6. The van der Waals surface area contributed by atoms with E-state index < -0.39 is 6.10 Å². The zero-order valence-corrected chi connectivity index (χ0v) is 48.9. The third-order valence-corrected chi connectivity index (χ3v) is 14.3. The van der Waals surface area contributed by atoms with Gasteiger partial charge in [0.15, 0.2) is 6.10 Å². The molecule has 1 unspecified atom stereocenters.